The number of rotatable bonds is 2. The maximum Gasteiger partial charge on any atom is 0.123 e. The van der Waals surface area contributed by atoms with E-state index in [1.165, 1.54) is 17.7 Å². The smallest absolute Gasteiger partial charge is 0.123 e. The van der Waals surface area contributed by atoms with Crippen LogP contribution in [0.15, 0.2) is 53.0 Å². The van der Waals surface area contributed by atoms with Gasteiger partial charge in [0.15, 0.2) is 0 Å². The van der Waals surface area contributed by atoms with Crippen LogP contribution in [0.3, 0.4) is 0 Å². The van der Waals surface area contributed by atoms with Gasteiger partial charge in [-0.25, -0.2) is 4.39 Å². The number of benzene rings is 2. The van der Waals surface area contributed by atoms with E-state index in [9.17, 15) is 4.39 Å². The van der Waals surface area contributed by atoms with Crippen LogP contribution in [-0.4, -0.2) is 0 Å². The van der Waals surface area contributed by atoms with E-state index in [0.29, 0.717) is 0 Å². The van der Waals surface area contributed by atoms with Gasteiger partial charge in [-0.2, -0.15) is 0 Å². The predicted molar refractivity (Wildman–Crippen MR) is 63.3 cm³/mol. The highest BCUT2D eigenvalue weighted by Crippen LogP contribution is 2.15. The van der Waals surface area contributed by atoms with Gasteiger partial charge in [-0.3, -0.25) is 0 Å². The lowest BCUT2D eigenvalue weighted by atomic mass is 10.1. The van der Waals surface area contributed by atoms with Crippen molar-refractivity contribution in [2.24, 2.45) is 0 Å². The van der Waals surface area contributed by atoms with Crippen LogP contribution >= 0.6 is 15.9 Å². The van der Waals surface area contributed by atoms with Crippen molar-refractivity contribution in [3.63, 3.8) is 0 Å². The topological polar surface area (TPSA) is 0 Å². The highest BCUT2D eigenvalue weighted by atomic mass is 79.9. The molecule has 0 aliphatic rings. The van der Waals surface area contributed by atoms with Gasteiger partial charge < -0.3 is 0 Å². The molecule has 0 saturated heterocycles. The second-order valence-electron chi connectivity index (χ2n) is 3.43. The Morgan fingerprint density at radius 2 is 1.67 bits per heavy atom. The Balaban J connectivity index is 2.18. The summed E-state index contributed by atoms with van der Waals surface area (Å²) in [5, 5.41) is 0. The molecule has 0 atom stereocenters. The summed E-state index contributed by atoms with van der Waals surface area (Å²) in [7, 11) is 0. The molecule has 0 aliphatic carbocycles. The van der Waals surface area contributed by atoms with Crippen LogP contribution in [0.1, 0.15) is 11.1 Å². The first-order chi connectivity index (χ1) is 7.24. The zero-order valence-electron chi connectivity index (χ0n) is 8.08. The van der Waals surface area contributed by atoms with Crippen LogP contribution < -0.4 is 0 Å². The van der Waals surface area contributed by atoms with Crippen LogP contribution in [0.2, 0.25) is 0 Å². The summed E-state index contributed by atoms with van der Waals surface area (Å²) in [6.07, 6.45) is 0.833. The fourth-order valence-corrected chi connectivity index (χ4v) is 1.93. The Labute approximate surface area is 96.9 Å². The van der Waals surface area contributed by atoms with Crippen molar-refractivity contribution in [3.05, 3.63) is 69.9 Å². The van der Waals surface area contributed by atoms with E-state index in [0.717, 1.165) is 16.5 Å². The van der Waals surface area contributed by atoms with Crippen LogP contribution in [0.5, 0.6) is 0 Å². The molecule has 0 spiro atoms. The van der Waals surface area contributed by atoms with Crippen LogP contribution in [0, 0.1) is 5.82 Å². The molecule has 2 aromatic rings. The zero-order chi connectivity index (χ0) is 10.7. The first kappa shape index (κ1) is 10.4. The van der Waals surface area contributed by atoms with Gasteiger partial charge >= 0.3 is 0 Å². The molecule has 0 saturated carbocycles. The fourth-order valence-electron chi connectivity index (χ4n) is 1.48. The van der Waals surface area contributed by atoms with E-state index in [2.05, 4.69) is 28.1 Å². The Morgan fingerprint density at radius 3 is 2.33 bits per heavy atom. The van der Waals surface area contributed by atoms with E-state index >= 15 is 0 Å². The Hall–Kier alpha value is -1.15. The standard InChI is InChI=1S/C13H10BrF/c14-12-3-1-2-11(9-12)8-10-4-6-13(15)7-5-10/h1-7,9H,8H2. The summed E-state index contributed by atoms with van der Waals surface area (Å²) in [6, 6.07) is 14.8. The number of halogens is 2. The normalized spacial score (nSPS) is 10.3. The summed E-state index contributed by atoms with van der Waals surface area (Å²) < 4.78 is 13.8. The lowest BCUT2D eigenvalue weighted by Gasteiger charge is -2.02. The molecule has 0 N–H and O–H groups in total. The van der Waals surface area contributed by atoms with Gasteiger partial charge in [-0.1, -0.05) is 40.2 Å². The molecular weight excluding hydrogens is 255 g/mol. The maximum absolute atomic E-state index is 12.7. The first-order valence-electron chi connectivity index (χ1n) is 4.73. The van der Waals surface area contributed by atoms with E-state index in [1.807, 2.05) is 24.3 Å². The van der Waals surface area contributed by atoms with E-state index < -0.39 is 0 Å². The molecule has 2 heteroatoms. The molecule has 15 heavy (non-hydrogen) atoms. The van der Waals surface area contributed by atoms with Crippen molar-refractivity contribution in [2.45, 2.75) is 6.42 Å². The van der Waals surface area contributed by atoms with Gasteiger partial charge in [0.2, 0.25) is 0 Å². The molecule has 0 amide bonds. The van der Waals surface area contributed by atoms with Crippen LogP contribution in [0.25, 0.3) is 0 Å². The second kappa shape index (κ2) is 4.58. The molecule has 0 bridgehead atoms. The Morgan fingerprint density at radius 1 is 0.933 bits per heavy atom. The van der Waals surface area contributed by atoms with Gasteiger partial charge in [0.25, 0.3) is 0 Å². The molecule has 0 radical (unpaired) electrons. The first-order valence-corrected chi connectivity index (χ1v) is 5.52. The fraction of sp³-hybridized carbons (Fsp3) is 0.0769. The molecule has 0 heterocycles. The summed E-state index contributed by atoms with van der Waals surface area (Å²) in [5.74, 6) is -0.187. The third kappa shape index (κ3) is 2.90. The molecular formula is C13H10BrF. The van der Waals surface area contributed by atoms with Gasteiger partial charge in [-0.15, -0.1) is 0 Å². The van der Waals surface area contributed by atoms with Gasteiger partial charge in [0, 0.05) is 4.47 Å². The molecule has 2 aromatic carbocycles. The third-order valence-electron chi connectivity index (χ3n) is 2.21. The van der Waals surface area contributed by atoms with E-state index in [-0.39, 0.29) is 5.82 Å². The monoisotopic (exact) mass is 264 g/mol. The average molecular weight is 265 g/mol. The molecule has 0 nitrogen and oxygen atoms in total. The second-order valence-corrected chi connectivity index (χ2v) is 4.35. The van der Waals surface area contributed by atoms with Crippen LogP contribution in [0.4, 0.5) is 4.39 Å². The van der Waals surface area contributed by atoms with Crippen molar-refractivity contribution in [1.29, 1.82) is 0 Å². The Kier molecular flexibility index (Phi) is 3.17. The number of hydrogen-bond donors (Lipinski definition) is 0. The van der Waals surface area contributed by atoms with E-state index in [4.69, 9.17) is 0 Å². The molecule has 0 fully saturated rings. The highest BCUT2D eigenvalue weighted by Gasteiger charge is 1.97. The van der Waals surface area contributed by atoms with Crippen molar-refractivity contribution >= 4 is 15.9 Å². The van der Waals surface area contributed by atoms with Gasteiger partial charge in [0.05, 0.1) is 0 Å². The highest BCUT2D eigenvalue weighted by molar-refractivity contribution is 9.10. The molecule has 2 rings (SSSR count). The molecule has 0 aromatic heterocycles. The summed E-state index contributed by atoms with van der Waals surface area (Å²) >= 11 is 3.43. The van der Waals surface area contributed by atoms with Gasteiger partial charge in [0.1, 0.15) is 5.82 Å². The predicted octanol–water partition coefficient (Wildman–Crippen LogP) is 4.18. The van der Waals surface area contributed by atoms with Crippen LogP contribution in [-0.2, 0) is 6.42 Å². The Bertz CT molecular complexity index is 448. The summed E-state index contributed by atoms with van der Waals surface area (Å²) in [5.41, 5.74) is 2.34. The van der Waals surface area contributed by atoms with Gasteiger partial charge in [-0.05, 0) is 41.8 Å². The minimum atomic E-state index is -0.187. The lowest BCUT2D eigenvalue weighted by Crippen LogP contribution is -1.88. The van der Waals surface area contributed by atoms with Crippen molar-refractivity contribution in [1.82, 2.24) is 0 Å². The molecule has 0 aliphatic heterocycles. The van der Waals surface area contributed by atoms with Crippen molar-refractivity contribution in [2.75, 3.05) is 0 Å². The molecule has 76 valence electrons. The maximum atomic E-state index is 12.7. The largest absolute Gasteiger partial charge is 0.207 e. The van der Waals surface area contributed by atoms with Crippen molar-refractivity contribution < 1.29 is 4.39 Å². The molecule has 0 unspecified atom stereocenters. The minimum Gasteiger partial charge on any atom is -0.207 e. The zero-order valence-corrected chi connectivity index (χ0v) is 9.67. The summed E-state index contributed by atoms with van der Waals surface area (Å²) in [4.78, 5) is 0. The quantitative estimate of drug-likeness (QED) is 0.764. The third-order valence-corrected chi connectivity index (χ3v) is 2.70. The van der Waals surface area contributed by atoms with Crippen molar-refractivity contribution in [3.8, 4) is 0 Å². The number of hydrogen-bond acceptors (Lipinski definition) is 0. The lowest BCUT2D eigenvalue weighted by molar-refractivity contribution is 0.627. The van der Waals surface area contributed by atoms with E-state index in [1.54, 1.807) is 0 Å². The minimum absolute atomic E-state index is 0.187. The average Bonchev–Trinajstić information content (AvgIpc) is 2.22. The summed E-state index contributed by atoms with van der Waals surface area (Å²) in [6.45, 7) is 0. The SMILES string of the molecule is Fc1ccc(Cc2cccc(Br)c2)cc1.